The number of aromatic nitrogens is 1. The number of nitrogens with one attached hydrogen (secondary N) is 2. The molecular weight excluding hydrogens is 780 g/mol. The number of sulfonamides is 1. The Kier molecular flexibility index (Phi) is 11.9. The summed E-state index contributed by atoms with van der Waals surface area (Å²) in [5.74, 6) is -4.07. The van der Waals surface area contributed by atoms with E-state index in [1.807, 2.05) is 51.1 Å². The maximum absolute atomic E-state index is 14.8. The van der Waals surface area contributed by atoms with E-state index in [2.05, 4.69) is 11.9 Å². The van der Waals surface area contributed by atoms with Crippen molar-refractivity contribution in [1.82, 2.24) is 24.8 Å². The topological polar surface area (TPSA) is 164 Å². The number of piperidine rings is 1. The fourth-order valence-corrected chi connectivity index (χ4v) is 8.27. The maximum Gasteiger partial charge on any atom is 0.516 e. The van der Waals surface area contributed by atoms with Gasteiger partial charge in [-0.25, -0.2) is 9.71 Å². The van der Waals surface area contributed by atoms with Gasteiger partial charge in [-0.2, -0.15) is 21.6 Å². The van der Waals surface area contributed by atoms with Gasteiger partial charge in [0.25, 0.3) is 5.91 Å². The average molecular weight is 828 g/mol. The van der Waals surface area contributed by atoms with E-state index >= 15 is 0 Å². The zero-order valence-corrected chi connectivity index (χ0v) is 33.6. The van der Waals surface area contributed by atoms with Crippen LogP contribution in [0.15, 0.2) is 67.3 Å². The van der Waals surface area contributed by atoms with Crippen LogP contribution in [0.1, 0.15) is 59.3 Å². The molecule has 58 heavy (non-hydrogen) atoms. The second-order valence-electron chi connectivity index (χ2n) is 16.2. The number of ether oxygens (including phenoxy) is 2. The lowest BCUT2D eigenvalue weighted by atomic mass is 9.77. The smallest absolute Gasteiger partial charge is 0.497 e. The van der Waals surface area contributed by atoms with Crippen LogP contribution >= 0.6 is 0 Å². The predicted molar refractivity (Wildman–Crippen MR) is 209 cm³/mol. The van der Waals surface area contributed by atoms with Gasteiger partial charge in [0.05, 0.1) is 30.8 Å². The molecule has 3 heterocycles. The molecule has 3 aromatic rings. The van der Waals surface area contributed by atoms with Crippen molar-refractivity contribution in [3.05, 3.63) is 67.3 Å². The van der Waals surface area contributed by atoms with Gasteiger partial charge in [0.2, 0.25) is 17.7 Å². The van der Waals surface area contributed by atoms with E-state index in [-0.39, 0.29) is 31.7 Å². The molecule has 0 bridgehead atoms. The Balaban J connectivity index is 1.35. The number of benzene rings is 2. The van der Waals surface area contributed by atoms with E-state index in [4.69, 9.17) is 14.5 Å². The van der Waals surface area contributed by atoms with Crippen molar-refractivity contribution >= 4 is 44.6 Å². The first-order valence-corrected chi connectivity index (χ1v) is 20.6. The molecule has 2 aromatic carbocycles. The summed E-state index contributed by atoms with van der Waals surface area (Å²) in [5.41, 5.74) is -6.71. The number of hydrogen-bond donors (Lipinski definition) is 2. The lowest BCUT2D eigenvalue weighted by Gasteiger charge is -2.36. The number of amides is 4. The van der Waals surface area contributed by atoms with Crippen molar-refractivity contribution in [2.45, 2.75) is 82.5 Å². The number of nitrogens with zero attached hydrogens (tertiary/aromatic N) is 3. The number of methoxy groups -OCH3 is 1. The van der Waals surface area contributed by atoms with Crippen LogP contribution in [-0.2, 0) is 29.2 Å². The van der Waals surface area contributed by atoms with Crippen LogP contribution in [0.4, 0.5) is 13.2 Å². The van der Waals surface area contributed by atoms with Gasteiger partial charge in [-0.1, -0.05) is 57.2 Å². The van der Waals surface area contributed by atoms with E-state index in [1.165, 1.54) is 18.1 Å². The molecule has 2 saturated heterocycles. The van der Waals surface area contributed by atoms with Crippen molar-refractivity contribution in [2.75, 3.05) is 26.7 Å². The number of pyridine rings is 1. The molecule has 17 heteroatoms. The van der Waals surface area contributed by atoms with Gasteiger partial charge < -0.3 is 24.6 Å². The van der Waals surface area contributed by atoms with Crippen LogP contribution in [0, 0.1) is 17.3 Å². The second-order valence-corrected chi connectivity index (χ2v) is 17.9. The molecule has 5 atom stereocenters. The quantitative estimate of drug-likeness (QED) is 0.229. The summed E-state index contributed by atoms with van der Waals surface area (Å²) in [7, 11) is -4.58. The Hall–Kier alpha value is -5.19. The maximum atomic E-state index is 14.8. The highest BCUT2D eigenvalue weighted by Gasteiger charge is 2.63. The number of carbonyl (C=O) groups excluding carboxylic acids is 4. The van der Waals surface area contributed by atoms with Gasteiger partial charge in [-0.15, -0.1) is 6.58 Å². The lowest BCUT2D eigenvalue weighted by Crippen LogP contribution is -2.58. The molecule has 312 valence electrons. The van der Waals surface area contributed by atoms with Crippen LogP contribution in [0.25, 0.3) is 22.2 Å². The molecule has 1 aliphatic carbocycles. The summed E-state index contributed by atoms with van der Waals surface area (Å²) in [6.45, 7) is 10.1. The molecule has 3 fully saturated rings. The molecule has 0 spiro atoms. The minimum absolute atomic E-state index is 0.119. The van der Waals surface area contributed by atoms with Gasteiger partial charge in [-0.05, 0) is 43.2 Å². The van der Waals surface area contributed by atoms with Gasteiger partial charge in [0, 0.05) is 54.9 Å². The highest BCUT2D eigenvalue weighted by molar-refractivity contribution is 7.90. The number of carbonyl (C=O) groups is 4. The van der Waals surface area contributed by atoms with Crippen LogP contribution in [0.3, 0.4) is 0 Å². The molecule has 3 aliphatic rings. The second kappa shape index (κ2) is 16.2. The molecule has 4 amide bonds. The molecule has 13 nitrogen and oxygen atoms in total. The summed E-state index contributed by atoms with van der Waals surface area (Å²) in [4.78, 5) is 63.8. The minimum atomic E-state index is -6.11. The summed E-state index contributed by atoms with van der Waals surface area (Å²) < 4.78 is 76.9. The zero-order valence-electron chi connectivity index (χ0n) is 32.8. The Labute approximate surface area is 335 Å². The first-order chi connectivity index (χ1) is 27.3. The van der Waals surface area contributed by atoms with Crippen molar-refractivity contribution in [3.8, 4) is 22.8 Å². The third kappa shape index (κ3) is 8.78. The molecule has 0 radical (unpaired) electrons. The highest BCUT2D eigenvalue weighted by atomic mass is 32.2. The van der Waals surface area contributed by atoms with Crippen molar-refractivity contribution in [1.29, 1.82) is 0 Å². The fraction of sp³-hybridized carbons (Fsp3) is 0.488. The fourth-order valence-electron chi connectivity index (χ4n) is 7.73. The van der Waals surface area contributed by atoms with E-state index < -0.39 is 68.2 Å². The van der Waals surface area contributed by atoms with Crippen molar-refractivity contribution in [2.24, 2.45) is 17.3 Å². The standard InChI is InChI=1S/C41H48F3N5O8S/c1-6-26-23-40(26,38(53)47-58(54,55)41(42,43)44)46-36(51)33-20-28(24-49(33)37(52)30(39(2,3)4)21-35(50)48-17-11-8-12-18-48)57-34-22-31(25-13-9-7-10-14-25)45-32-19-27(56-5)15-16-29(32)34/h6-7,9-10,13-16,19,22,26,28,30,33H,1,8,11-12,17-18,20-21,23-24H2,2-5H3,(H,46,51)(H,47,53)/t26-,28-,30?,33+,40-/m1/s1. The number of likely N-dealkylation sites (tertiary alicyclic amines) is 2. The molecule has 6 rings (SSSR count). The van der Waals surface area contributed by atoms with E-state index in [1.54, 1.807) is 29.2 Å². The largest absolute Gasteiger partial charge is 0.516 e. The summed E-state index contributed by atoms with van der Waals surface area (Å²) in [6.07, 6.45) is 2.62. The minimum Gasteiger partial charge on any atom is -0.497 e. The third-order valence-electron chi connectivity index (χ3n) is 11.2. The summed E-state index contributed by atoms with van der Waals surface area (Å²) >= 11 is 0. The molecular formula is C41H48F3N5O8S. The number of alkyl halides is 3. The van der Waals surface area contributed by atoms with Crippen LogP contribution in [0.5, 0.6) is 11.5 Å². The average Bonchev–Trinajstić information content (AvgIpc) is 3.74. The summed E-state index contributed by atoms with van der Waals surface area (Å²) in [6, 6.07) is 15.0. The Morgan fingerprint density at radius 3 is 2.33 bits per heavy atom. The first kappa shape index (κ1) is 42.4. The SMILES string of the molecule is C=C[C@@H]1C[C@]1(NC(=O)[C@@H]1C[C@@H](Oc2cc(-c3ccccc3)nc3cc(OC)ccc23)CN1C(=O)C(CC(=O)N1CCCCC1)C(C)(C)C)C(=O)NS(=O)(=O)C(F)(F)F. The zero-order chi connectivity index (χ0) is 42.2. The molecule has 1 unspecified atom stereocenters. The lowest BCUT2D eigenvalue weighted by molar-refractivity contribution is -0.148. The van der Waals surface area contributed by atoms with Gasteiger partial charge >= 0.3 is 15.5 Å². The third-order valence-corrected chi connectivity index (χ3v) is 12.3. The first-order valence-electron chi connectivity index (χ1n) is 19.1. The van der Waals surface area contributed by atoms with Crippen LogP contribution < -0.4 is 19.5 Å². The van der Waals surface area contributed by atoms with Crippen molar-refractivity contribution < 1.29 is 50.2 Å². The monoisotopic (exact) mass is 827 g/mol. The Bertz CT molecular complexity index is 2190. The number of rotatable bonds is 12. The molecule has 2 N–H and O–H groups in total. The van der Waals surface area contributed by atoms with Gasteiger partial charge in [0.15, 0.2) is 0 Å². The number of hydrogen-bond acceptors (Lipinski definition) is 9. The van der Waals surface area contributed by atoms with Gasteiger partial charge in [0.1, 0.15) is 29.2 Å². The molecule has 2 aliphatic heterocycles. The van der Waals surface area contributed by atoms with E-state index in [9.17, 15) is 40.8 Å². The normalized spacial score (nSPS) is 22.8. The van der Waals surface area contributed by atoms with E-state index in [0.717, 1.165) is 29.5 Å². The van der Waals surface area contributed by atoms with Crippen LogP contribution in [0.2, 0.25) is 0 Å². The summed E-state index contributed by atoms with van der Waals surface area (Å²) in [5, 5.41) is 3.10. The molecule has 1 aromatic heterocycles. The number of halogens is 3. The van der Waals surface area contributed by atoms with Gasteiger partial charge in [-0.3, -0.25) is 19.2 Å². The predicted octanol–water partition coefficient (Wildman–Crippen LogP) is 5.35. The highest BCUT2D eigenvalue weighted by Crippen LogP contribution is 2.46. The Morgan fingerprint density at radius 1 is 1.03 bits per heavy atom. The van der Waals surface area contributed by atoms with Crippen LogP contribution in [-0.4, -0.2) is 96.8 Å². The Morgan fingerprint density at radius 2 is 1.72 bits per heavy atom. The number of fused-ring (bicyclic) bond motifs is 1. The molecule has 1 saturated carbocycles. The van der Waals surface area contributed by atoms with E-state index in [0.29, 0.717) is 41.2 Å². The van der Waals surface area contributed by atoms with Crippen molar-refractivity contribution in [3.63, 3.8) is 0 Å².